The number of H-pyrrole nitrogens is 1. The molecule has 58 valence electrons. The molecule has 0 aliphatic heterocycles. The second-order valence-electron chi connectivity index (χ2n) is 2.75. The third-order valence-corrected chi connectivity index (χ3v) is 1.98. The van der Waals surface area contributed by atoms with E-state index in [0.717, 1.165) is 16.3 Å². The van der Waals surface area contributed by atoms with Crippen LogP contribution in [0.4, 0.5) is 0 Å². The lowest BCUT2D eigenvalue weighted by Crippen LogP contribution is -1.72. The first-order valence-corrected chi connectivity index (χ1v) is 3.75. The molecule has 1 N–H and O–H groups in total. The minimum atomic E-state index is 0.661. The van der Waals surface area contributed by atoms with Gasteiger partial charge >= 0.3 is 0 Å². The van der Waals surface area contributed by atoms with Crippen molar-refractivity contribution < 1.29 is 4.52 Å². The number of aromatic amines is 1. The third kappa shape index (κ3) is 0.625. The van der Waals surface area contributed by atoms with Gasteiger partial charge in [-0.3, -0.25) is 0 Å². The number of nitrogens with one attached hydrogen (secondary N) is 1. The maximum absolute atomic E-state index is 5.06. The summed E-state index contributed by atoms with van der Waals surface area (Å²) in [7, 11) is 0. The molecule has 0 unspecified atom stereocenters. The van der Waals surface area contributed by atoms with Crippen molar-refractivity contribution in [2.45, 2.75) is 0 Å². The van der Waals surface area contributed by atoms with E-state index >= 15 is 0 Å². The second-order valence-corrected chi connectivity index (χ2v) is 2.75. The minimum Gasteiger partial charge on any atom is -0.362 e. The van der Waals surface area contributed by atoms with Crippen LogP contribution in [0.1, 0.15) is 0 Å². The smallest absolute Gasteiger partial charge is 0.255 e. The summed E-state index contributed by atoms with van der Waals surface area (Å²) in [6.07, 6.45) is 1.80. The van der Waals surface area contributed by atoms with Gasteiger partial charge in [-0.15, -0.1) is 0 Å². The summed E-state index contributed by atoms with van der Waals surface area (Å²) in [6, 6.07) is 8.05. The van der Waals surface area contributed by atoms with E-state index in [1.54, 1.807) is 6.20 Å². The molecule has 0 fully saturated rings. The van der Waals surface area contributed by atoms with Crippen LogP contribution in [-0.4, -0.2) is 10.1 Å². The lowest BCUT2D eigenvalue weighted by atomic mass is 10.3. The molecular weight excluding hydrogens is 152 g/mol. The first-order chi connectivity index (χ1) is 5.93. The van der Waals surface area contributed by atoms with Gasteiger partial charge in [0.25, 0.3) is 5.71 Å². The fourth-order valence-electron chi connectivity index (χ4n) is 1.39. The molecule has 0 amide bonds. The Hall–Kier alpha value is -1.77. The Morgan fingerprint density at radius 1 is 1.25 bits per heavy atom. The predicted octanol–water partition coefficient (Wildman–Crippen LogP) is 2.31. The van der Waals surface area contributed by atoms with Gasteiger partial charge in [0.15, 0.2) is 0 Å². The van der Waals surface area contributed by atoms with Gasteiger partial charge in [-0.25, -0.2) is 10.1 Å². The molecule has 1 aromatic carbocycles. The summed E-state index contributed by atoms with van der Waals surface area (Å²) >= 11 is 0. The summed E-state index contributed by atoms with van der Waals surface area (Å²) in [5.41, 5.74) is 1.64. The van der Waals surface area contributed by atoms with Gasteiger partial charge in [-0.1, -0.05) is 12.1 Å². The molecule has 3 nitrogen and oxygen atoms in total. The number of pyridine rings is 1. The summed E-state index contributed by atoms with van der Waals surface area (Å²) in [4.78, 5) is 4.30. The van der Waals surface area contributed by atoms with Gasteiger partial charge in [-0.2, -0.15) is 0 Å². The maximum atomic E-state index is 5.06. The minimum absolute atomic E-state index is 0.661. The lowest BCUT2D eigenvalue weighted by molar-refractivity contribution is 0.449. The van der Waals surface area contributed by atoms with Crippen molar-refractivity contribution in [3.63, 3.8) is 0 Å². The zero-order chi connectivity index (χ0) is 7.97. The van der Waals surface area contributed by atoms with Crippen LogP contribution in [-0.2, 0) is 0 Å². The highest BCUT2D eigenvalue weighted by atomic mass is 16.5. The summed E-state index contributed by atoms with van der Waals surface area (Å²) < 4.78 is 5.06. The van der Waals surface area contributed by atoms with Gasteiger partial charge in [0.2, 0.25) is 0 Å². The largest absolute Gasteiger partial charge is 0.362 e. The van der Waals surface area contributed by atoms with Crippen LogP contribution in [0, 0.1) is 0 Å². The van der Waals surface area contributed by atoms with E-state index in [0.29, 0.717) is 5.71 Å². The Bertz CT molecular complexity index is 444. The molecule has 0 aliphatic rings. The van der Waals surface area contributed by atoms with E-state index in [1.165, 1.54) is 0 Å². The molecule has 0 atom stereocenters. The fourth-order valence-corrected chi connectivity index (χ4v) is 1.39. The average Bonchev–Trinajstić information content (AvgIpc) is 2.64. The Morgan fingerprint density at radius 2 is 2.25 bits per heavy atom. The third-order valence-electron chi connectivity index (χ3n) is 1.98. The molecule has 2 heterocycles. The molecule has 0 bridgehead atoms. The standard InChI is InChI=1S/C9H6N2O/c1-2-6-4-7-5-10-12-9(7)11-8(6)3-1/h1-5,10H. The van der Waals surface area contributed by atoms with Crippen molar-refractivity contribution in [1.29, 1.82) is 0 Å². The zero-order valence-corrected chi connectivity index (χ0v) is 6.24. The Balaban J connectivity index is 2.62. The highest BCUT2D eigenvalue weighted by molar-refractivity contribution is 5.90. The number of aromatic nitrogens is 2. The van der Waals surface area contributed by atoms with Crippen molar-refractivity contribution >= 4 is 22.0 Å². The molecule has 0 spiro atoms. The summed E-state index contributed by atoms with van der Waals surface area (Å²) in [5.74, 6) is 0. The van der Waals surface area contributed by atoms with Crippen molar-refractivity contribution in [2.75, 3.05) is 0 Å². The van der Waals surface area contributed by atoms with Crippen LogP contribution in [0.3, 0.4) is 0 Å². The highest BCUT2D eigenvalue weighted by Crippen LogP contribution is 2.19. The van der Waals surface area contributed by atoms with E-state index in [9.17, 15) is 0 Å². The highest BCUT2D eigenvalue weighted by Gasteiger charge is 2.01. The Kier molecular flexibility index (Phi) is 0.913. The monoisotopic (exact) mass is 158 g/mol. The van der Waals surface area contributed by atoms with Crippen LogP contribution in [0.5, 0.6) is 0 Å². The number of nitrogens with zero attached hydrogens (tertiary/aromatic N) is 1. The Labute approximate surface area is 68.0 Å². The predicted molar refractivity (Wildman–Crippen MR) is 45.9 cm³/mol. The topological polar surface area (TPSA) is 41.8 Å². The molecule has 0 aliphatic carbocycles. The van der Waals surface area contributed by atoms with E-state index < -0.39 is 0 Å². The van der Waals surface area contributed by atoms with Gasteiger partial charge in [0, 0.05) is 11.6 Å². The van der Waals surface area contributed by atoms with Crippen molar-refractivity contribution in [3.05, 3.63) is 30.5 Å². The van der Waals surface area contributed by atoms with E-state index in [4.69, 9.17) is 4.52 Å². The quantitative estimate of drug-likeness (QED) is 0.545. The van der Waals surface area contributed by atoms with E-state index in [-0.39, 0.29) is 0 Å². The Morgan fingerprint density at radius 3 is 3.25 bits per heavy atom. The van der Waals surface area contributed by atoms with Crippen LogP contribution in [0.2, 0.25) is 0 Å². The zero-order valence-electron chi connectivity index (χ0n) is 6.24. The van der Waals surface area contributed by atoms with Crippen molar-refractivity contribution in [2.24, 2.45) is 0 Å². The molecule has 3 rings (SSSR count). The molecule has 0 radical (unpaired) electrons. The molecule has 3 aromatic rings. The van der Waals surface area contributed by atoms with Crippen LogP contribution in [0.15, 0.2) is 35.0 Å². The van der Waals surface area contributed by atoms with E-state index in [2.05, 4.69) is 16.2 Å². The average molecular weight is 158 g/mol. The van der Waals surface area contributed by atoms with Crippen LogP contribution in [0.25, 0.3) is 22.0 Å². The van der Waals surface area contributed by atoms with Crippen molar-refractivity contribution in [3.8, 4) is 0 Å². The van der Waals surface area contributed by atoms with Gasteiger partial charge < -0.3 is 4.52 Å². The normalized spacial score (nSPS) is 11.3. The maximum Gasteiger partial charge on any atom is 0.255 e. The number of rotatable bonds is 0. The lowest BCUT2D eigenvalue weighted by Gasteiger charge is -1.87. The number of fused-ring (bicyclic) bond motifs is 2. The van der Waals surface area contributed by atoms with Crippen LogP contribution < -0.4 is 0 Å². The van der Waals surface area contributed by atoms with Crippen LogP contribution >= 0.6 is 0 Å². The molecule has 3 heteroatoms. The second kappa shape index (κ2) is 1.88. The molecule has 0 saturated carbocycles. The molecule has 2 aromatic heterocycles. The SMILES string of the molecule is c1cc2cc3c[nH]oc3nc2c1. The number of hydrogen-bond acceptors (Lipinski definition) is 2. The summed E-state index contributed by atoms with van der Waals surface area (Å²) in [5, 5.41) is 4.82. The molecule has 12 heavy (non-hydrogen) atoms. The first kappa shape index (κ1) is 5.83. The van der Waals surface area contributed by atoms with Gasteiger partial charge in [0.05, 0.1) is 10.9 Å². The summed E-state index contributed by atoms with van der Waals surface area (Å²) in [6.45, 7) is 0. The van der Waals surface area contributed by atoms with E-state index in [1.807, 2.05) is 18.2 Å². The van der Waals surface area contributed by atoms with Crippen molar-refractivity contribution in [1.82, 2.24) is 10.1 Å². The molecular formula is C9H6N2O. The first-order valence-electron chi connectivity index (χ1n) is 3.75. The van der Waals surface area contributed by atoms with Gasteiger partial charge in [-0.05, 0) is 12.1 Å². The van der Waals surface area contributed by atoms with Gasteiger partial charge in [0.1, 0.15) is 0 Å². The number of hydrogen-bond donors (Lipinski definition) is 1. The fraction of sp³-hybridized carbons (Fsp3) is 0. The molecule has 0 saturated heterocycles.